The number of carbonyl (C=O) groups excluding carboxylic acids is 1. The van der Waals surface area contributed by atoms with Crippen LogP contribution < -0.4 is 14.2 Å². The molecule has 5 aromatic carbocycles. The van der Waals surface area contributed by atoms with Gasteiger partial charge < -0.3 is 43.8 Å². The van der Waals surface area contributed by atoms with Crippen LogP contribution in [-0.2, 0) is 20.9 Å². The average molecular weight is 982 g/mol. The minimum Gasteiger partial charge on any atom is -0.459 e. The molecular formula is C57H63N3O12. The molecule has 2 aliphatic carbocycles. The van der Waals surface area contributed by atoms with Crippen LogP contribution in [0.1, 0.15) is 62.0 Å². The molecule has 1 fully saturated rings. The molecule has 72 heavy (non-hydrogen) atoms. The number of nitrogens with zero attached hydrogens (tertiary/aromatic N) is 3. The van der Waals surface area contributed by atoms with Crippen LogP contribution in [-0.4, -0.2) is 95.0 Å². The molecule has 0 saturated heterocycles. The molecule has 3 N–H and O–H groups in total. The highest BCUT2D eigenvalue weighted by Crippen LogP contribution is 2.62. The second kappa shape index (κ2) is 25.0. The van der Waals surface area contributed by atoms with Gasteiger partial charge in [0.15, 0.2) is 0 Å². The number of aliphatic hydroxyl groups excluding tert-OH is 3. The highest BCUT2D eigenvalue weighted by Gasteiger charge is 2.65. The quantitative estimate of drug-likeness (QED) is 0.0217. The number of benzene rings is 5. The van der Waals surface area contributed by atoms with Gasteiger partial charge in [-0.2, -0.15) is 0 Å². The number of carbonyl (C=O) groups is 1. The number of nitro benzene ring substituents is 1. The Balaban J connectivity index is 1.29. The zero-order chi connectivity index (χ0) is 50.3. The Morgan fingerprint density at radius 3 is 2.19 bits per heavy atom. The minimum atomic E-state index is -1.62. The smallest absolute Gasteiger partial charge is 0.415 e. The summed E-state index contributed by atoms with van der Waals surface area (Å²) in [5.41, 5.74) is 5.18. The molecule has 1 amide bonds. The van der Waals surface area contributed by atoms with Gasteiger partial charge in [-0.1, -0.05) is 103 Å². The van der Waals surface area contributed by atoms with Crippen molar-refractivity contribution in [3.63, 3.8) is 0 Å². The average Bonchev–Trinajstić information content (AvgIpc) is 3.40. The van der Waals surface area contributed by atoms with Crippen LogP contribution in [0.15, 0.2) is 157 Å². The lowest BCUT2D eigenvalue weighted by Gasteiger charge is -2.59. The first-order chi connectivity index (χ1) is 35.3. The molecule has 378 valence electrons. The topological polar surface area (TPSA) is 192 Å². The number of nitro groups is 1. The Hall–Kier alpha value is -6.88. The third kappa shape index (κ3) is 12.1. The van der Waals surface area contributed by atoms with Gasteiger partial charge in [0, 0.05) is 49.8 Å². The summed E-state index contributed by atoms with van der Waals surface area (Å²) >= 11 is 0. The third-order valence-corrected chi connectivity index (χ3v) is 13.7. The standard InChI is InChI=1S/C57H63N3O12/c1-2-33-68-57-53(59(29-34-67-35-32-63)56(64)71-46-25-21-44(22-26-46)60(65)66)38-51(58-69-39-40-13-5-3-6-14-40)49-36-43(17-9-11-30-61)48(18-10-12-31-62)54(55(49)57)50-37-47(27-28-52(50)72-57)70-45-23-19-42(20-24-45)41-15-7-4-8-16-41/h2-8,13-16,19-28,36-37,43,48,53-55,61-63H,1,9-12,17-18,29-35,38-39H2. The molecule has 0 aromatic heterocycles. The molecule has 0 bridgehead atoms. The Bertz CT molecular complexity index is 2630. The summed E-state index contributed by atoms with van der Waals surface area (Å²) in [5.74, 6) is -0.838. The highest BCUT2D eigenvalue weighted by atomic mass is 16.7. The van der Waals surface area contributed by atoms with E-state index in [4.69, 9.17) is 33.7 Å². The van der Waals surface area contributed by atoms with Gasteiger partial charge in [-0.15, -0.1) is 6.58 Å². The number of fused-ring (bicyclic) bond motifs is 2. The molecule has 1 aliphatic heterocycles. The minimum absolute atomic E-state index is 0.00192. The fraction of sp³-hybridized carbons (Fsp3) is 0.368. The van der Waals surface area contributed by atoms with Crippen molar-refractivity contribution in [2.75, 3.05) is 46.2 Å². The lowest BCUT2D eigenvalue weighted by molar-refractivity contribution is -0.384. The number of non-ortho nitro benzene ring substituents is 1. The number of oxime groups is 1. The Morgan fingerprint density at radius 2 is 1.50 bits per heavy atom. The summed E-state index contributed by atoms with van der Waals surface area (Å²) < 4.78 is 32.9. The number of rotatable bonds is 25. The van der Waals surface area contributed by atoms with Crippen molar-refractivity contribution in [2.45, 2.75) is 69.3 Å². The Labute approximate surface area is 420 Å². The number of hydrogen-bond donors (Lipinski definition) is 3. The molecule has 5 aromatic rings. The van der Waals surface area contributed by atoms with Gasteiger partial charge in [0.2, 0.25) is 5.79 Å². The van der Waals surface area contributed by atoms with Crippen LogP contribution in [0.5, 0.6) is 23.0 Å². The molecule has 1 saturated carbocycles. The van der Waals surface area contributed by atoms with Crippen molar-refractivity contribution in [3.8, 4) is 34.1 Å². The maximum atomic E-state index is 14.9. The van der Waals surface area contributed by atoms with E-state index in [0.29, 0.717) is 35.8 Å². The third-order valence-electron chi connectivity index (χ3n) is 13.7. The maximum absolute atomic E-state index is 14.9. The normalized spacial score (nSPS) is 21.3. The number of aliphatic hydroxyl groups is 3. The Kier molecular flexibility index (Phi) is 17.9. The van der Waals surface area contributed by atoms with Crippen molar-refractivity contribution >= 4 is 17.5 Å². The lowest BCUT2D eigenvalue weighted by atomic mass is 9.55. The molecule has 3 aliphatic rings. The van der Waals surface area contributed by atoms with Crippen LogP contribution in [0.2, 0.25) is 0 Å². The first-order valence-electron chi connectivity index (χ1n) is 24.8. The predicted molar refractivity (Wildman–Crippen MR) is 272 cm³/mol. The molecule has 15 heteroatoms. The number of ether oxygens (including phenoxy) is 5. The second-order valence-electron chi connectivity index (χ2n) is 18.2. The molecule has 6 unspecified atom stereocenters. The van der Waals surface area contributed by atoms with E-state index in [2.05, 4.69) is 24.8 Å². The van der Waals surface area contributed by atoms with Crippen LogP contribution in [0.25, 0.3) is 11.1 Å². The second-order valence-corrected chi connectivity index (χ2v) is 18.2. The first kappa shape index (κ1) is 51.5. The summed E-state index contributed by atoms with van der Waals surface area (Å²) in [6.45, 7) is 4.06. The van der Waals surface area contributed by atoms with Crippen molar-refractivity contribution in [1.82, 2.24) is 4.90 Å². The van der Waals surface area contributed by atoms with Gasteiger partial charge in [0.25, 0.3) is 5.69 Å². The zero-order valence-corrected chi connectivity index (χ0v) is 40.3. The summed E-state index contributed by atoms with van der Waals surface area (Å²) in [6.07, 6.45) is 7.36. The summed E-state index contributed by atoms with van der Waals surface area (Å²) in [5, 5.41) is 46.2. The molecule has 6 atom stereocenters. The Morgan fingerprint density at radius 1 is 0.819 bits per heavy atom. The van der Waals surface area contributed by atoms with Gasteiger partial charge in [-0.05, 0) is 102 Å². The van der Waals surface area contributed by atoms with Crippen molar-refractivity contribution in [2.24, 2.45) is 22.9 Å². The number of hydrogen-bond acceptors (Lipinski definition) is 13. The fourth-order valence-corrected chi connectivity index (χ4v) is 10.5. The van der Waals surface area contributed by atoms with E-state index in [1.54, 1.807) is 6.08 Å². The summed E-state index contributed by atoms with van der Waals surface area (Å²) in [4.78, 5) is 33.7. The highest BCUT2D eigenvalue weighted by molar-refractivity contribution is 6.03. The van der Waals surface area contributed by atoms with Crippen molar-refractivity contribution < 1.29 is 53.6 Å². The van der Waals surface area contributed by atoms with E-state index in [-0.39, 0.29) is 88.4 Å². The van der Waals surface area contributed by atoms with Crippen LogP contribution in [0.3, 0.4) is 0 Å². The van der Waals surface area contributed by atoms with Crippen LogP contribution in [0, 0.1) is 27.9 Å². The van der Waals surface area contributed by atoms with E-state index < -0.39 is 28.8 Å². The lowest BCUT2D eigenvalue weighted by Crippen LogP contribution is -2.70. The van der Waals surface area contributed by atoms with E-state index in [1.165, 1.54) is 29.2 Å². The number of amides is 1. The summed E-state index contributed by atoms with van der Waals surface area (Å²) in [6, 6.07) is 37.8. The molecule has 1 heterocycles. The molecule has 0 radical (unpaired) electrons. The maximum Gasteiger partial charge on any atom is 0.415 e. The van der Waals surface area contributed by atoms with Gasteiger partial charge in [-0.3, -0.25) is 15.0 Å². The van der Waals surface area contributed by atoms with E-state index in [9.17, 15) is 30.2 Å². The fourth-order valence-electron chi connectivity index (χ4n) is 10.5. The van der Waals surface area contributed by atoms with Gasteiger partial charge >= 0.3 is 6.09 Å². The summed E-state index contributed by atoms with van der Waals surface area (Å²) in [7, 11) is 0. The van der Waals surface area contributed by atoms with Crippen LogP contribution in [0.4, 0.5) is 10.5 Å². The van der Waals surface area contributed by atoms with Crippen molar-refractivity contribution in [1.29, 1.82) is 0 Å². The number of unbranched alkanes of at least 4 members (excludes halogenated alkanes) is 2. The van der Waals surface area contributed by atoms with Gasteiger partial charge in [0.05, 0.1) is 43.0 Å². The molecule has 15 nitrogen and oxygen atoms in total. The number of allylic oxidation sites excluding steroid dienone is 1. The molecule has 8 rings (SSSR count). The van der Waals surface area contributed by atoms with Crippen LogP contribution >= 0.6 is 0 Å². The molecule has 0 spiro atoms. The monoisotopic (exact) mass is 981 g/mol. The van der Waals surface area contributed by atoms with Gasteiger partial charge in [0.1, 0.15) is 35.6 Å². The zero-order valence-electron chi connectivity index (χ0n) is 40.3. The van der Waals surface area contributed by atoms with E-state index in [0.717, 1.165) is 53.5 Å². The predicted octanol–water partition coefficient (Wildman–Crippen LogP) is 10.4. The SMILES string of the molecule is C=CCOC12Oc3ccc(Oc4ccc(-c5ccccc5)cc4)cc3C3C(CCCCO)C(CCCCO)C=C(C(=NOCc4ccccc4)CC1N(CCOCCO)C(=O)Oc1ccc([N+](=O)[O-])cc1)C32. The van der Waals surface area contributed by atoms with E-state index in [1.807, 2.05) is 91.0 Å². The first-order valence-corrected chi connectivity index (χ1v) is 24.8. The largest absolute Gasteiger partial charge is 0.459 e. The van der Waals surface area contributed by atoms with E-state index >= 15 is 0 Å². The molecular weight excluding hydrogens is 919 g/mol. The van der Waals surface area contributed by atoms with Gasteiger partial charge in [-0.25, -0.2) is 4.79 Å². The van der Waals surface area contributed by atoms with Crippen molar-refractivity contribution in [3.05, 3.63) is 173 Å².